The maximum atomic E-state index is 10.2. The van der Waals surface area contributed by atoms with E-state index in [1.165, 1.54) is 0 Å². The molecule has 0 saturated heterocycles. The molecular formula is C10H16NO2Rb. The molecule has 0 rings (SSSR count). The molecule has 74 valence electrons. The number of nitrogens with zero attached hydrogens (tertiary/aromatic N) is 1. The van der Waals surface area contributed by atoms with Crippen LogP contribution in [0.3, 0.4) is 0 Å². The summed E-state index contributed by atoms with van der Waals surface area (Å²) in [5.41, 5.74) is 0. The van der Waals surface area contributed by atoms with Gasteiger partial charge in [0.15, 0.2) is 0 Å². The molecule has 0 spiro atoms. The summed E-state index contributed by atoms with van der Waals surface area (Å²) in [5.74, 6) is -0.410. The predicted octanol–water partition coefficient (Wildman–Crippen LogP) is -1.90. The molecule has 0 heterocycles. The standard InChI is InChI=1S/C10H17NO2.Rb/c1-8(4-3-5-11)6-9(2)7-10(12)13;/h8-9H,3-4,6-7H2,1-2H3,(H,12,13);/q;+1/p-1/t8-,9-;/m1./s1. The van der Waals surface area contributed by atoms with Crippen LogP contribution in [0, 0.1) is 23.2 Å². The third-order valence-electron chi connectivity index (χ3n) is 2.07. The molecule has 3 nitrogen and oxygen atoms in total. The van der Waals surface area contributed by atoms with E-state index in [0.29, 0.717) is 12.3 Å². The number of carboxylic acid groups (broad SMARTS) is 1. The zero-order valence-electron chi connectivity index (χ0n) is 9.25. The summed E-state index contributed by atoms with van der Waals surface area (Å²) in [6, 6.07) is 2.08. The number of rotatable bonds is 6. The monoisotopic (exact) mass is 267 g/mol. The second kappa shape index (κ2) is 10.3. The number of carboxylic acids is 1. The topological polar surface area (TPSA) is 63.9 Å². The largest absolute Gasteiger partial charge is 1.00 e. The second-order valence-electron chi connectivity index (χ2n) is 3.72. The molecule has 0 N–H and O–H groups in total. The summed E-state index contributed by atoms with van der Waals surface area (Å²) in [6.07, 6.45) is 2.39. The van der Waals surface area contributed by atoms with Crippen LogP contribution >= 0.6 is 0 Å². The van der Waals surface area contributed by atoms with Crippen LogP contribution in [0.4, 0.5) is 0 Å². The Morgan fingerprint density at radius 2 is 2.00 bits per heavy atom. The van der Waals surface area contributed by atoms with Crippen molar-refractivity contribution in [2.45, 2.75) is 39.5 Å². The first-order valence-electron chi connectivity index (χ1n) is 4.63. The predicted molar refractivity (Wildman–Crippen MR) is 47.4 cm³/mol. The molecule has 0 aromatic carbocycles. The maximum absolute atomic E-state index is 10.2. The Morgan fingerprint density at radius 3 is 2.43 bits per heavy atom. The van der Waals surface area contributed by atoms with Crippen molar-refractivity contribution >= 4 is 5.97 Å². The van der Waals surface area contributed by atoms with Crippen molar-refractivity contribution in [3.63, 3.8) is 0 Å². The molecule has 0 amide bonds. The van der Waals surface area contributed by atoms with Crippen molar-refractivity contribution in [1.29, 1.82) is 5.26 Å². The van der Waals surface area contributed by atoms with Crippen molar-refractivity contribution in [1.82, 2.24) is 0 Å². The van der Waals surface area contributed by atoms with Gasteiger partial charge in [0, 0.05) is 12.4 Å². The average molecular weight is 268 g/mol. The number of hydrogen-bond donors (Lipinski definition) is 0. The Bertz CT molecular complexity index is 201. The molecule has 0 aliphatic rings. The fourth-order valence-electron chi connectivity index (χ4n) is 1.48. The summed E-state index contributed by atoms with van der Waals surface area (Å²) in [4.78, 5) is 10.2. The van der Waals surface area contributed by atoms with Crippen molar-refractivity contribution in [3.8, 4) is 6.07 Å². The van der Waals surface area contributed by atoms with Crippen LogP contribution in [-0.4, -0.2) is 5.97 Å². The molecule has 2 atom stereocenters. The van der Waals surface area contributed by atoms with Gasteiger partial charge in [-0.2, -0.15) is 5.26 Å². The fourth-order valence-corrected chi connectivity index (χ4v) is 1.48. The molecule has 0 unspecified atom stereocenters. The van der Waals surface area contributed by atoms with Crippen molar-refractivity contribution in [2.75, 3.05) is 0 Å². The SMILES string of the molecule is C[C@H](CCC#N)C[C@@H](C)CC(=O)[O-].[Rb+]. The van der Waals surface area contributed by atoms with Gasteiger partial charge >= 0.3 is 58.2 Å². The van der Waals surface area contributed by atoms with E-state index in [0.717, 1.165) is 12.8 Å². The van der Waals surface area contributed by atoms with E-state index in [1.807, 2.05) is 13.8 Å². The molecule has 0 bridgehead atoms. The first-order chi connectivity index (χ1) is 6.06. The fraction of sp³-hybridized carbons (Fsp3) is 0.800. The van der Waals surface area contributed by atoms with E-state index in [-0.39, 0.29) is 70.5 Å². The van der Waals surface area contributed by atoms with Crippen LogP contribution in [0.5, 0.6) is 0 Å². The summed E-state index contributed by atoms with van der Waals surface area (Å²) in [6.45, 7) is 3.95. The molecule has 0 aliphatic heterocycles. The van der Waals surface area contributed by atoms with E-state index in [1.54, 1.807) is 0 Å². The van der Waals surface area contributed by atoms with E-state index in [9.17, 15) is 9.90 Å². The van der Waals surface area contributed by atoms with Gasteiger partial charge in [-0.3, -0.25) is 0 Å². The van der Waals surface area contributed by atoms with Crippen LogP contribution < -0.4 is 63.3 Å². The maximum Gasteiger partial charge on any atom is 1.00 e. The Labute approximate surface area is 135 Å². The Morgan fingerprint density at radius 1 is 1.43 bits per heavy atom. The summed E-state index contributed by atoms with van der Waals surface area (Å²) < 4.78 is 0. The molecule has 4 heteroatoms. The number of nitriles is 1. The smallest absolute Gasteiger partial charge is 0.550 e. The minimum absolute atomic E-state index is 0. The summed E-state index contributed by atoms with van der Waals surface area (Å²) in [7, 11) is 0. The van der Waals surface area contributed by atoms with Crippen LogP contribution in [0.15, 0.2) is 0 Å². The van der Waals surface area contributed by atoms with E-state index >= 15 is 0 Å². The van der Waals surface area contributed by atoms with Crippen molar-refractivity contribution < 1.29 is 68.1 Å². The Balaban J connectivity index is 0. The van der Waals surface area contributed by atoms with Crippen LogP contribution in [0.1, 0.15) is 39.5 Å². The van der Waals surface area contributed by atoms with E-state index in [2.05, 4.69) is 6.07 Å². The van der Waals surface area contributed by atoms with Gasteiger partial charge in [-0.25, -0.2) is 0 Å². The first-order valence-corrected chi connectivity index (χ1v) is 4.63. The Hall–Kier alpha value is 0.765. The quantitative estimate of drug-likeness (QED) is 0.565. The Kier molecular flexibility index (Phi) is 12.6. The normalized spacial score (nSPS) is 13.5. The van der Waals surface area contributed by atoms with Gasteiger partial charge in [-0.15, -0.1) is 0 Å². The molecule has 0 radical (unpaired) electrons. The molecule has 0 aromatic rings. The first kappa shape index (κ1) is 17.2. The number of carbonyl (C=O) groups is 1. The van der Waals surface area contributed by atoms with Gasteiger partial charge in [0.05, 0.1) is 6.07 Å². The molecule has 14 heavy (non-hydrogen) atoms. The second-order valence-corrected chi connectivity index (χ2v) is 3.72. The summed E-state index contributed by atoms with van der Waals surface area (Å²) >= 11 is 0. The van der Waals surface area contributed by atoms with Crippen molar-refractivity contribution in [3.05, 3.63) is 0 Å². The molecule has 0 aromatic heterocycles. The third kappa shape index (κ3) is 10.8. The van der Waals surface area contributed by atoms with Crippen LogP contribution in [0.25, 0.3) is 0 Å². The molecular weight excluding hydrogens is 252 g/mol. The molecule has 0 saturated carbocycles. The van der Waals surface area contributed by atoms with Gasteiger partial charge in [0.25, 0.3) is 0 Å². The van der Waals surface area contributed by atoms with Crippen molar-refractivity contribution in [2.24, 2.45) is 11.8 Å². The summed E-state index contributed by atoms with van der Waals surface area (Å²) in [5, 5.41) is 18.6. The number of aliphatic carboxylic acids is 1. The van der Waals surface area contributed by atoms with Gasteiger partial charge < -0.3 is 9.90 Å². The van der Waals surface area contributed by atoms with Crippen LogP contribution in [-0.2, 0) is 4.79 Å². The van der Waals surface area contributed by atoms with Crippen LogP contribution in [0.2, 0.25) is 0 Å². The van der Waals surface area contributed by atoms with Gasteiger partial charge in [-0.05, 0) is 31.1 Å². The molecule has 0 aliphatic carbocycles. The van der Waals surface area contributed by atoms with E-state index < -0.39 is 5.97 Å². The van der Waals surface area contributed by atoms with Gasteiger partial charge in [-0.1, -0.05) is 13.8 Å². The minimum atomic E-state index is -0.986. The third-order valence-corrected chi connectivity index (χ3v) is 2.07. The van der Waals surface area contributed by atoms with Gasteiger partial charge in [0.2, 0.25) is 0 Å². The minimum Gasteiger partial charge on any atom is -0.550 e. The molecule has 0 fully saturated rings. The van der Waals surface area contributed by atoms with Gasteiger partial charge in [0.1, 0.15) is 0 Å². The zero-order valence-corrected chi connectivity index (χ0v) is 14.2. The van der Waals surface area contributed by atoms with E-state index in [4.69, 9.17) is 5.26 Å². The number of carbonyl (C=O) groups excluding carboxylic acids is 1. The zero-order chi connectivity index (χ0) is 10.3. The average Bonchev–Trinajstić information content (AvgIpc) is 1.98. The number of hydrogen-bond acceptors (Lipinski definition) is 3.